The Kier molecular flexibility index (Phi) is 4.97. The zero-order valence-corrected chi connectivity index (χ0v) is 16.8. The standard InChI is InChI=1S/C22H28N4S/c1-4-10-17(11-5-1)20-19(16-25-14-8-3-9-15-25)26-22(23-20)27-21(24-26)18-12-6-2-7-13-18/h1,4-5,10-11,18H,2-3,6-9,12-16H2. The maximum Gasteiger partial charge on any atom is 0.213 e. The van der Waals surface area contributed by atoms with Crippen molar-refractivity contribution in [3.63, 3.8) is 0 Å². The van der Waals surface area contributed by atoms with Gasteiger partial charge in [0.2, 0.25) is 4.96 Å². The van der Waals surface area contributed by atoms with Crippen molar-refractivity contribution in [3.05, 3.63) is 41.0 Å². The van der Waals surface area contributed by atoms with Crippen molar-refractivity contribution >= 4 is 16.3 Å². The van der Waals surface area contributed by atoms with Gasteiger partial charge in [-0.3, -0.25) is 4.90 Å². The van der Waals surface area contributed by atoms with Gasteiger partial charge in [-0.25, -0.2) is 9.50 Å². The van der Waals surface area contributed by atoms with E-state index in [2.05, 4.69) is 39.7 Å². The van der Waals surface area contributed by atoms with Crippen molar-refractivity contribution in [1.82, 2.24) is 19.5 Å². The molecule has 1 saturated heterocycles. The molecule has 0 N–H and O–H groups in total. The van der Waals surface area contributed by atoms with Gasteiger partial charge in [0.25, 0.3) is 0 Å². The molecule has 0 amide bonds. The fraction of sp³-hybridized carbons (Fsp3) is 0.545. The van der Waals surface area contributed by atoms with Crippen LogP contribution >= 0.6 is 11.3 Å². The largest absolute Gasteiger partial charge is 0.297 e. The van der Waals surface area contributed by atoms with Crippen LogP contribution in [0.4, 0.5) is 0 Å². The maximum absolute atomic E-state index is 5.09. The van der Waals surface area contributed by atoms with Crippen LogP contribution in [0, 0.1) is 0 Å². The van der Waals surface area contributed by atoms with Crippen molar-refractivity contribution in [2.24, 2.45) is 0 Å². The van der Waals surface area contributed by atoms with Gasteiger partial charge in [-0.15, -0.1) is 0 Å². The number of nitrogens with zero attached hydrogens (tertiary/aromatic N) is 4. The molecular formula is C22H28N4S. The smallest absolute Gasteiger partial charge is 0.213 e. The summed E-state index contributed by atoms with van der Waals surface area (Å²) in [5, 5.41) is 6.40. The Hall–Kier alpha value is -1.72. The summed E-state index contributed by atoms with van der Waals surface area (Å²) in [4.78, 5) is 8.71. The van der Waals surface area contributed by atoms with Crippen molar-refractivity contribution in [2.75, 3.05) is 13.1 Å². The first-order valence-electron chi connectivity index (χ1n) is 10.5. The van der Waals surface area contributed by atoms with E-state index in [-0.39, 0.29) is 0 Å². The molecule has 5 heteroatoms. The Morgan fingerprint density at radius 2 is 1.67 bits per heavy atom. The van der Waals surface area contributed by atoms with E-state index < -0.39 is 0 Å². The second-order valence-electron chi connectivity index (χ2n) is 8.08. The molecule has 1 saturated carbocycles. The molecule has 27 heavy (non-hydrogen) atoms. The van der Waals surface area contributed by atoms with Crippen LogP contribution in [0.5, 0.6) is 0 Å². The highest BCUT2D eigenvalue weighted by Gasteiger charge is 2.24. The van der Waals surface area contributed by atoms with E-state index in [1.165, 1.54) is 80.7 Å². The molecule has 0 unspecified atom stereocenters. The van der Waals surface area contributed by atoms with Gasteiger partial charge in [-0.2, -0.15) is 5.10 Å². The van der Waals surface area contributed by atoms with Crippen LogP contribution in [-0.2, 0) is 6.54 Å². The van der Waals surface area contributed by atoms with Crippen LogP contribution in [-0.4, -0.2) is 32.6 Å². The number of likely N-dealkylation sites (tertiary alicyclic amines) is 1. The van der Waals surface area contributed by atoms with Crippen molar-refractivity contribution in [2.45, 2.75) is 63.8 Å². The maximum atomic E-state index is 5.09. The number of piperidine rings is 1. The zero-order chi connectivity index (χ0) is 18.1. The minimum absolute atomic E-state index is 0.647. The number of fused-ring (bicyclic) bond motifs is 1. The van der Waals surface area contributed by atoms with Crippen LogP contribution in [0.25, 0.3) is 16.2 Å². The molecule has 142 valence electrons. The lowest BCUT2D eigenvalue weighted by atomic mass is 9.90. The summed E-state index contributed by atoms with van der Waals surface area (Å²) >= 11 is 1.82. The first-order valence-corrected chi connectivity index (χ1v) is 11.4. The minimum atomic E-state index is 0.647. The third-order valence-electron chi connectivity index (χ3n) is 6.14. The van der Waals surface area contributed by atoms with Crippen LogP contribution in [0.1, 0.15) is 68.0 Å². The quantitative estimate of drug-likeness (QED) is 0.600. The fourth-order valence-electron chi connectivity index (χ4n) is 4.62. The molecule has 2 fully saturated rings. The SMILES string of the molecule is c1ccc(-c2nc3sc(C4CCCCC4)nn3c2CN2CCCCC2)cc1. The molecule has 0 radical (unpaired) electrons. The van der Waals surface area contributed by atoms with Crippen molar-refractivity contribution < 1.29 is 0 Å². The summed E-state index contributed by atoms with van der Waals surface area (Å²) in [6.07, 6.45) is 10.7. The van der Waals surface area contributed by atoms with E-state index in [1.54, 1.807) is 0 Å². The minimum Gasteiger partial charge on any atom is -0.297 e. The number of benzene rings is 1. The highest BCUT2D eigenvalue weighted by Crippen LogP contribution is 2.36. The van der Waals surface area contributed by atoms with E-state index in [0.29, 0.717) is 5.92 Å². The highest BCUT2D eigenvalue weighted by atomic mass is 32.1. The Morgan fingerprint density at radius 3 is 2.44 bits per heavy atom. The predicted molar refractivity (Wildman–Crippen MR) is 111 cm³/mol. The fourth-order valence-corrected chi connectivity index (χ4v) is 5.70. The van der Waals surface area contributed by atoms with E-state index in [0.717, 1.165) is 17.2 Å². The molecule has 3 aromatic rings. The second kappa shape index (κ2) is 7.72. The molecule has 5 rings (SSSR count). The third-order valence-corrected chi connectivity index (χ3v) is 7.21. The van der Waals surface area contributed by atoms with Gasteiger partial charge < -0.3 is 0 Å². The molecule has 2 aliphatic rings. The molecular weight excluding hydrogens is 352 g/mol. The molecule has 1 aliphatic heterocycles. The number of hydrogen-bond acceptors (Lipinski definition) is 4. The van der Waals surface area contributed by atoms with E-state index in [9.17, 15) is 0 Å². The van der Waals surface area contributed by atoms with Gasteiger partial charge in [-0.05, 0) is 38.8 Å². The van der Waals surface area contributed by atoms with Gasteiger partial charge in [0.1, 0.15) is 5.01 Å². The van der Waals surface area contributed by atoms with Crippen LogP contribution < -0.4 is 0 Å². The molecule has 0 atom stereocenters. The number of imidazole rings is 1. The van der Waals surface area contributed by atoms with Gasteiger partial charge in [0.05, 0.1) is 11.4 Å². The van der Waals surface area contributed by atoms with Gasteiger partial charge >= 0.3 is 0 Å². The van der Waals surface area contributed by atoms with Gasteiger partial charge in [-0.1, -0.05) is 67.4 Å². The Labute approximate surface area is 165 Å². The summed E-state index contributed by atoms with van der Waals surface area (Å²) in [5.41, 5.74) is 3.60. The molecule has 1 aliphatic carbocycles. The second-order valence-corrected chi connectivity index (χ2v) is 9.07. The van der Waals surface area contributed by atoms with E-state index in [4.69, 9.17) is 10.1 Å². The summed E-state index contributed by atoms with van der Waals surface area (Å²) in [6, 6.07) is 10.6. The zero-order valence-electron chi connectivity index (χ0n) is 15.9. The molecule has 0 bridgehead atoms. The normalized spacial score (nSPS) is 19.7. The summed E-state index contributed by atoms with van der Waals surface area (Å²) in [5.74, 6) is 0.647. The monoisotopic (exact) mass is 380 g/mol. The Bertz CT molecular complexity index is 886. The number of hydrogen-bond donors (Lipinski definition) is 0. The summed E-state index contributed by atoms with van der Waals surface area (Å²) in [6.45, 7) is 3.35. The summed E-state index contributed by atoms with van der Waals surface area (Å²) < 4.78 is 2.17. The average Bonchev–Trinajstić information content (AvgIpc) is 3.30. The topological polar surface area (TPSA) is 33.4 Å². The highest BCUT2D eigenvalue weighted by molar-refractivity contribution is 7.16. The number of rotatable bonds is 4. The van der Waals surface area contributed by atoms with E-state index in [1.807, 2.05) is 11.3 Å². The van der Waals surface area contributed by atoms with Crippen molar-refractivity contribution in [1.29, 1.82) is 0 Å². The molecule has 0 spiro atoms. The van der Waals surface area contributed by atoms with Crippen LogP contribution in [0.2, 0.25) is 0 Å². The average molecular weight is 381 g/mol. The molecule has 1 aromatic carbocycles. The third kappa shape index (κ3) is 3.55. The van der Waals surface area contributed by atoms with Gasteiger partial charge in [0, 0.05) is 18.0 Å². The van der Waals surface area contributed by atoms with Crippen LogP contribution in [0.3, 0.4) is 0 Å². The lowest BCUT2D eigenvalue weighted by Gasteiger charge is -2.26. The molecule has 3 heterocycles. The lowest BCUT2D eigenvalue weighted by Crippen LogP contribution is -2.29. The lowest BCUT2D eigenvalue weighted by molar-refractivity contribution is 0.217. The number of aromatic nitrogens is 3. The Morgan fingerprint density at radius 1 is 0.926 bits per heavy atom. The predicted octanol–water partition coefficient (Wildman–Crippen LogP) is 5.49. The van der Waals surface area contributed by atoms with E-state index >= 15 is 0 Å². The summed E-state index contributed by atoms with van der Waals surface area (Å²) in [7, 11) is 0. The first-order chi connectivity index (χ1) is 13.4. The van der Waals surface area contributed by atoms with Crippen LogP contribution in [0.15, 0.2) is 30.3 Å². The molecule has 4 nitrogen and oxygen atoms in total. The Balaban J connectivity index is 1.54. The van der Waals surface area contributed by atoms with Gasteiger partial charge in [0.15, 0.2) is 0 Å². The van der Waals surface area contributed by atoms with Crippen molar-refractivity contribution in [3.8, 4) is 11.3 Å². The first kappa shape index (κ1) is 17.4. The molecule has 2 aromatic heterocycles.